The van der Waals surface area contributed by atoms with E-state index in [-0.39, 0.29) is 6.29 Å². The van der Waals surface area contributed by atoms with Gasteiger partial charge in [0.1, 0.15) is 0 Å². The molecule has 1 aliphatic heterocycles. The Hall–Kier alpha value is -1.34. The Morgan fingerprint density at radius 2 is 2.12 bits per heavy atom. The van der Waals surface area contributed by atoms with Gasteiger partial charge in [-0.2, -0.15) is 0 Å². The number of hydrogen-bond acceptors (Lipinski definition) is 3. The fraction of sp³-hybridized carbons (Fsp3) is 0.385. The summed E-state index contributed by atoms with van der Waals surface area (Å²) in [6.45, 7) is 1.92. The van der Waals surface area contributed by atoms with Gasteiger partial charge in [-0.05, 0) is 12.1 Å². The van der Waals surface area contributed by atoms with Crippen LogP contribution < -0.4 is 5.73 Å². The van der Waals surface area contributed by atoms with Crippen molar-refractivity contribution >= 4 is 0 Å². The summed E-state index contributed by atoms with van der Waals surface area (Å²) < 4.78 is 10.9. The van der Waals surface area contributed by atoms with E-state index in [1.54, 1.807) is 0 Å². The maximum absolute atomic E-state index is 5.43. The van der Waals surface area contributed by atoms with Crippen LogP contribution in [0.5, 0.6) is 0 Å². The first kappa shape index (κ1) is 11.2. The summed E-state index contributed by atoms with van der Waals surface area (Å²) in [7, 11) is 0. The van der Waals surface area contributed by atoms with Crippen LogP contribution in [0.2, 0.25) is 0 Å². The van der Waals surface area contributed by atoms with Crippen LogP contribution in [0.25, 0.3) is 0 Å². The van der Waals surface area contributed by atoms with Crippen molar-refractivity contribution in [3.63, 3.8) is 0 Å². The molecule has 1 aromatic carbocycles. The normalized spacial score (nSPS) is 15.8. The summed E-state index contributed by atoms with van der Waals surface area (Å²) in [5.41, 5.74) is 7.38. The minimum absolute atomic E-state index is 0.226. The first-order valence-electron chi connectivity index (χ1n) is 5.42. The van der Waals surface area contributed by atoms with Gasteiger partial charge in [0.15, 0.2) is 6.29 Å². The van der Waals surface area contributed by atoms with Crippen LogP contribution in [0.15, 0.2) is 24.3 Å². The highest BCUT2D eigenvalue weighted by Gasteiger charge is 2.17. The second kappa shape index (κ2) is 5.66. The van der Waals surface area contributed by atoms with Crippen molar-refractivity contribution in [3.05, 3.63) is 35.4 Å². The van der Waals surface area contributed by atoms with Crippen molar-refractivity contribution in [2.24, 2.45) is 5.73 Å². The second-order valence-corrected chi connectivity index (χ2v) is 3.54. The summed E-state index contributed by atoms with van der Waals surface area (Å²) in [5.74, 6) is 6.08. The Balaban J connectivity index is 2.10. The molecule has 84 valence electrons. The molecule has 0 saturated carbocycles. The fourth-order valence-electron chi connectivity index (χ4n) is 1.55. The van der Waals surface area contributed by atoms with Gasteiger partial charge in [0, 0.05) is 24.1 Å². The van der Waals surface area contributed by atoms with Crippen molar-refractivity contribution in [1.29, 1.82) is 0 Å². The highest BCUT2D eigenvalue weighted by molar-refractivity contribution is 5.37. The van der Waals surface area contributed by atoms with Gasteiger partial charge in [-0.3, -0.25) is 0 Å². The summed E-state index contributed by atoms with van der Waals surface area (Å²) in [4.78, 5) is 0. The molecule has 2 N–H and O–H groups in total. The largest absolute Gasteiger partial charge is 0.346 e. The van der Waals surface area contributed by atoms with Crippen molar-refractivity contribution in [2.45, 2.75) is 12.7 Å². The van der Waals surface area contributed by atoms with Crippen molar-refractivity contribution in [2.75, 3.05) is 19.8 Å². The molecule has 0 aromatic heterocycles. The summed E-state index contributed by atoms with van der Waals surface area (Å²) >= 11 is 0. The third-order valence-corrected chi connectivity index (χ3v) is 2.28. The second-order valence-electron chi connectivity index (χ2n) is 3.54. The van der Waals surface area contributed by atoms with Gasteiger partial charge >= 0.3 is 0 Å². The van der Waals surface area contributed by atoms with Gasteiger partial charge in [-0.15, -0.1) is 0 Å². The van der Waals surface area contributed by atoms with Crippen molar-refractivity contribution in [1.82, 2.24) is 0 Å². The van der Waals surface area contributed by atoms with Crippen LogP contribution in [-0.2, 0) is 9.47 Å². The molecule has 0 bridgehead atoms. The molecule has 2 rings (SSSR count). The number of hydrogen-bond donors (Lipinski definition) is 1. The highest BCUT2D eigenvalue weighted by atomic mass is 16.7. The molecule has 0 amide bonds. The average Bonchev–Trinajstić information content (AvgIpc) is 2.83. The Bertz CT molecular complexity index is 400. The van der Waals surface area contributed by atoms with Gasteiger partial charge in [0.05, 0.1) is 13.2 Å². The van der Waals surface area contributed by atoms with Crippen molar-refractivity contribution in [3.8, 4) is 11.8 Å². The van der Waals surface area contributed by atoms with E-state index in [0.717, 1.165) is 17.5 Å². The zero-order valence-electron chi connectivity index (χ0n) is 9.11. The molecule has 1 heterocycles. The molecule has 1 saturated heterocycles. The first-order valence-corrected chi connectivity index (χ1v) is 5.42. The van der Waals surface area contributed by atoms with Crippen LogP contribution in [0.1, 0.15) is 23.8 Å². The molecule has 0 spiro atoms. The van der Waals surface area contributed by atoms with Gasteiger partial charge in [-0.25, -0.2) is 0 Å². The molecule has 16 heavy (non-hydrogen) atoms. The predicted molar refractivity (Wildman–Crippen MR) is 61.6 cm³/mol. The quantitative estimate of drug-likeness (QED) is 0.762. The minimum Gasteiger partial charge on any atom is -0.346 e. The molecule has 3 nitrogen and oxygen atoms in total. The topological polar surface area (TPSA) is 44.5 Å². The molecule has 1 aromatic rings. The molecular formula is C13H15NO2. The Kier molecular flexibility index (Phi) is 3.95. The molecular weight excluding hydrogens is 202 g/mol. The zero-order valence-corrected chi connectivity index (χ0v) is 9.11. The number of nitrogens with two attached hydrogens (primary N) is 1. The maximum atomic E-state index is 5.43. The highest BCUT2D eigenvalue weighted by Crippen LogP contribution is 2.23. The smallest absolute Gasteiger partial charge is 0.184 e. The maximum Gasteiger partial charge on any atom is 0.184 e. The summed E-state index contributed by atoms with van der Waals surface area (Å²) in [6, 6.07) is 7.93. The third kappa shape index (κ3) is 2.83. The third-order valence-electron chi connectivity index (χ3n) is 2.28. The number of ether oxygens (including phenoxy) is 2. The van der Waals surface area contributed by atoms with E-state index >= 15 is 0 Å². The van der Waals surface area contributed by atoms with E-state index in [9.17, 15) is 0 Å². The monoisotopic (exact) mass is 217 g/mol. The molecule has 0 radical (unpaired) electrons. The van der Waals surface area contributed by atoms with E-state index in [4.69, 9.17) is 15.2 Å². The Morgan fingerprint density at radius 3 is 2.88 bits per heavy atom. The Morgan fingerprint density at radius 1 is 1.31 bits per heavy atom. The van der Waals surface area contributed by atoms with E-state index in [1.807, 2.05) is 24.3 Å². The average molecular weight is 217 g/mol. The van der Waals surface area contributed by atoms with Crippen LogP contribution in [0.4, 0.5) is 0 Å². The molecule has 1 aliphatic rings. The molecule has 1 fully saturated rings. The van der Waals surface area contributed by atoms with Gasteiger partial charge in [0.2, 0.25) is 0 Å². The number of benzene rings is 1. The zero-order chi connectivity index (χ0) is 11.2. The molecule has 0 atom stereocenters. The van der Waals surface area contributed by atoms with Crippen LogP contribution in [0, 0.1) is 11.8 Å². The Labute approximate surface area is 95.5 Å². The molecule has 0 aliphatic carbocycles. The SMILES string of the molecule is NCCC#Cc1cccc(C2OCCO2)c1. The van der Waals surface area contributed by atoms with Crippen LogP contribution >= 0.6 is 0 Å². The van der Waals surface area contributed by atoms with Gasteiger partial charge in [-0.1, -0.05) is 24.0 Å². The first-order chi connectivity index (χ1) is 7.90. The molecule has 3 heteroatoms. The molecule has 0 unspecified atom stereocenters. The van der Waals surface area contributed by atoms with Crippen molar-refractivity contribution < 1.29 is 9.47 Å². The minimum atomic E-state index is -0.226. The summed E-state index contributed by atoms with van der Waals surface area (Å²) in [5, 5.41) is 0. The van der Waals surface area contributed by atoms with Crippen LogP contribution in [0.3, 0.4) is 0 Å². The predicted octanol–water partition coefficient (Wildman–Crippen LogP) is 1.43. The lowest BCUT2D eigenvalue weighted by atomic mass is 10.1. The standard InChI is InChI=1S/C13H15NO2/c14-7-2-1-4-11-5-3-6-12(10-11)13-15-8-9-16-13/h3,5-6,10,13H,2,7-9,14H2. The van der Waals surface area contributed by atoms with Gasteiger partial charge < -0.3 is 15.2 Å². The lowest BCUT2D eigenvalue weighted by Crippen LogP contribution is -1.98. The lowest BCUT2D eigenvalue weighted by Gasteiger charge is -2.08. The van der Waals surface area contributed by atoms with E-state index in [1.165, 1.54) is 0 Å². The van der Waals surface area contributed by atoms with Crippen LogP contribution in [-0.4, -0.2) is 19.8 Å². The fourth-order valence-corrected chi connectivity index (χ4v) is 1.55. The number of rotatable bonds is 2. The van der Waals surface area contributed by atoms with Gasteiger partial charge in [0.25, 0.3) is 0 Å². The van der Waals surface area contributed by atoms with E-state index in [0.29, 0.717) is 19.8 Å². The summed E-state index contributed by atoms with van der Waals surface area (Å²) in [6.07, 6.45) is 0.497. The lowest BCUT2D eigenvalue weighted by molar-refractivity contribution is -0.0441. The van der Waals surface area contributed by atoms with E-state index < -0.39 is 0 Å². The van der Waals surface area contributed by atoms with E-state index in [2.05, 4.69) is 11.8 Å².